The molecule has 0 bridgehead atoms. The van der Waals surface area contributed by atoms with E-state index in [0.29, 0.717) is 6.42 Å². The van der Waals surface area contributed by atoms with Crippen molar-refractivity contribution in [1.29, 1.82) is 0 Å². The number of rotatable bonds is 1. The van der Waals surface area contributed by atoms with Crippen LogP contribution in [0.3, 0.4) is 0 Å². The van der Waals surface area contributed by atoms with E-state index in [9.17, 15) is 4.79 Å². The number of benzene rings is 1. The molecule has 1 aliphatic carbocycles. The van der Waals surface area contributed by atoms with Crippen molar-refractivity contribution in [2.45, 2.75) is 33.1 Å². The van der Waals surface area contributed by atoms with Gasteiger partial charge in [0.2, 0.25) is 0 Å². The topological polar surface area (TPSA) is 34.9 Å². The Balaban J connectivity index is 2.16. The van der Waals surface area contributed by atoms with Crippen molar-refractivity contribution in [3.05, 3.63) is 40.7 Å². The minimum atomic E-state index is 0.280. The summed E-state index contributed by atoms with van der Waals surface area (Å²) in [5.41, 5.74) is 6.52. The number of aromatic nitrogens is 2. The van der Waals surface area contributed by atoms with Crippen molar-refractivity contribution >= 4 is 5.78 Å². The summed E-state index contributed by atoms with van der Waals surface area (Å²) in [6.45, 7) is 4.08. The molecule has 0 fully saturated rings. The van der Waals surface area contributed by atoms with Crippen LogP contribution < -0.4 is 0 Å². The van der Waals surface area contributed by atoms with E-state index in [2.05, 4.69) is 24.2 Å². The average Bonchev–Trinajstić information content (AvgIpc) is 2.64. The standard InChI is InChI=1S/C16H18N2O/c1-10-16(11(2)18(3)17-10)13-8-7-12-5-4-6-15(19)14(12)9-13/h7-9H,4-6H2,1-3H3. The summed E-state index contributed by atoms with van der Waals surface area (Å²) in [5, 5.41) is 4.45. The fourth-order valence-electron chi connectivity index (χ4n) is 2.97. The Bertz CT molecular complexity index is 668. The molecule has 0 N–H and O–H groups in total. The van der Waals surface area contributed by atoms with Crippen molar-refractivity contribution in [1.82, 2.24) is 9.78 Å². The van der Waals surface area contributed by atoms with Crippen molar-refractivity contribution in [3.63, 3.8) is 0 Å². The highest BCUT2D eigenvalue weighted by Crippen LogP contribution is 2.30. The van der Waals surface area contributed by atoms with Crippen LogP contribution >= 0.6 is 0 Å². The fraction of sp³-hybridized carbons (Fsp3) is 0.375. The Morgan fingerprint density at radius 1 is 1.21 bits per heavy atom. The maximum absolute atomic E-state index is 12.0. The number of fused-ring (bicyclic) bond motifs is 1. The van der Waals surface area contributed by atoms with Gasteiger partial charge in [-0.25, -0.2) is 0 Å². The average molecular weight is 254 g/mol. The maximum atomic E-state index is 12.0. The third-order valence-corrected chi connectivity index (χ3v) is 4.06. The van der Waals surface area contributed by atoms with E-state index in [1.54, 1.807) is 0 Å². The van der Waals surface area contributed by atoms with Gasteiger partial charge in [-0.2, -0.15) is 5.10 Å². The monoisotopic (exact) mass is 254 g/mol. The molecule has 19 heavy (non-hydrogen) atoms. The first-order valence-corrected chi connectivity index (χ1v) is 6.74. The van der Waals surface area contributed by atoms with Crippen LogP contribution in [0.1, 0.15) is 40.2 Å². The maximum Gasteiger partial charge on any atom is 0.163 e. The second-order valence-corrected chi connectivity index (χ2v) is 5.32. The molecule has 1 aromatic heterocycles. The number of ketones is 1. The summed E-state index contributed by atoms with van der Waals surface area (Å²) in [7, 11) is 1.95. The van der Waals surface area contributed by atoms with Crippen molar-refractivity contribution in [3.8, 4) is 11.1 Å². The van der Waals surface area contributed by atoms with Crippen LogP contribution in [0.5, 0.6) is 0 Å². The Morgan fingerprint density at radius 2 is 2.00 bits per heavy atom. The molecule has 0 saturated carbocycles. The molecule has 0 spiro atoms. The second-order valence-electron chi connectivity index (χ2n) is 5.32. The minimum Gasteiger partial charge on any atom is -0.294 e. The summed E-state index contributed by atoms with van der Waals surface area (Å²) in [4.78, 5) is 12.0. The summed E-state index contributed by atoms with van der Waals surface area (Å²) < 4.78 is 1.89. The molecule has 98 valence electrons. The first-order chi connectivity index (χ1) is 9.08. The first kappa shape index (κ1) is 12.2. The molecular weight excluding hydrogens is 236 g/mol. The van der Waals surface area contributed by atoms with E-state index in [1.165, 1.54) is 5.56 Å². The van der Waals surface area contributed by atoms with Crippen LogP contribution in [0, 0.1) is 13.8 Å². The molecular formula is C16H18N2O. The van der Waals surface area contributed by atoms with Crippen molar-refractivity contribution < 1.29 is 4.79 Å². The number of Topliss-reactive ketones (excluding diaryl/α,β-unsaturated/α-hetero) is 1. The molecule has 3 heteroatoms. The van der Waals surface area contributed by atoms with Gasteiger partial charge >= 0.3 is 0 Å². The van der Waals surface area contributed by atoms with Crippen LogP contribution in [-0.2, 0) is 13.5 Å². The van der Waals surface area contributed by atoms with Gasteiger partial charge in [0, 0.05) is 30.3 Å². The lowest BCUT2D eigenvalue weighted by Crippen LogP contribution is -2.10. The molecule has 1 heterocycles. The smallest absolute Gasteiger partial charge is 0.163 e. The number of aryl methyl sites for hydroxylation is 3. The van der Waals surface area contributed by atoms with Crippen molar-refractivity contribution in [2.75, 3.05) is 0 Å². The fourth-order valence-corrected chi connectivity index (χ4v) is 2.97. The molecule has 0 amide bonds. The largest absolute Gasteiger partial charge is 0.294 e. The lowest BCUT2D eigenvalue weighted by Gasteiger charge is -2.15. The molecule has 1 aromatic carbocycles. The Morgan fingerprint density at radius 3 is 2.68 bits per heavy atom. The molecule has 1 aliphatic rings. The van der Waals surface area contributed by atoms with Crippen LogP contribution in [0.2, 0.25) is 0 Å². The van der Waals surface area contributed by atoms with Crippen LogP contribution in [0.15, 0.2) is 18.2 Å². The van der Waals surface area contributed by atoms with Gasteiger partial charge in [-0.1, -0.05) is 12.1 Å². The molecule has 0 saturated heterocycles. The summed E-state index contributed by atoms with van der Waals surface area (Å²) in [6, 6.07) is 6.27. The highest BCUT2D eigenvalue weighted by Gasteiger charge is 2.19. The van der Waals surface area contributed by atoms with Gasteiger partial charge in [0.15, 0.2) is 5.78 Å². The van der Waals surface area contributed by atoms with Gasteiger partial charge in [-0.3, -0.25) is 9.48 Å². The second kappa shape index (κ2) is 4.34. The minimum absolute atomic E-state index is 0.280. The molecule has 2 aromatic rings. The molecule has 0 unspecified atom stereocenters. The number of carbonyl (C=O) groups is 1. The Hall–Kier alpha value is -1.90. The van der Waals surface area contributed by atoms with Crippen LogP contribution in [-0.4, -0.2) is 15.6 Å². The van der Waals surface area contributed by atoms with E-state index in [0.717, 1.165) is 40.9 Å². The molecule has 3 nitrogen and oxygen atoms in total. The van der Waals surface area contributed by atoms with Gasteiger partial charge < -0.3 is 0 Å². The van der Waals surface area contributed by atoms with Crippen LogP contribution in [0.4, 0.5) is 0 Å². The van der Waals surface area contributed by atoms with E-state index in [1.807, 2.05) is 24.7 Å². The lowest BCUT2D eigenvalue weighted by atomic mass is 9.88. The predicted molar refractivity (Wildman–Crippen MR) is 75.4 cm³/mol. The van der Waals surface area contributed by atoms with Gasteiger partial charge in [0.25, 0.3) is 0 Å². The van der Waals surface area contributed by atoms with Crippen LogP contribution in [0.25, 0.3) is 11.1 Å². The zero-order valence-electron chi connectivity index (χ0n) is 11.7. The van der Waals surface area contributed by atoms with Gasteiger partial charge in [-0.15, -0.1) is 0 Å². The SMILES string of the molecule is Cc1nn(C)c(C)c1-c1ccc2c(c1)C(=O)CCC2. The molecule has 3 rings (SSSR count). The number of hydrogen-bond donors (Lipinski definition) is 0. The molecule has 0 radical (unpaired) electrons. The highest BCUT2D eigenvalue weighted by atomic mass is 16.1. The molecule has 0 aliphatic heterocycles. The predicted octanol–water partition coefficient (Wildman–Crippen LogP) is 3.22. The number of hydrogen-bond acceptors (Lipinski definition) is 2. The lowest BCUT2D eigenvalue weighted by molar-refractivity contribution is 0.0972. The number of nitrogens with zero attached hydrogens (tertiary/aromatic N) is 2. The zero-order chi connectivity index (χ0) is 13.6. The van der Waals surface area contributed by atoms with E-state index in [4.69, 9.17) is 0 Å². The quantitative estimate of drug-likeness (QED) is 0.783. The highest BCUT2D eigenvalue weighted by molar-refractivity contribution is 5.99. The summed E-state index contributed by atoms with van der Waals surface area (Å²) in [5.74, 6) is 0.280. The zero-order valence-corrected chi connectivity index (χ0v) is 11.7. The van der Waals surface area contributed by atoms with Gasteiger partial charge in [0.05, 0.1) is 5.69 Å². The van der Waals surface area contributed by atoms with E-state index < -0.39 is 0 Å². The van der Waals surface area contributed by atoms with E-state index >= 15 is 0 Å². The van der Waals surface area contributed by atoms with Gasteiger partial charge in [0.1, 0.15) is 0 Å². The normalized spacial score (nSPS) is 14.6. The third-order valence-electron chi connectivity index (χ3n) is 4.06. The Labute approximate surface area is 113 Å². The summed E-state index contributed by atoms with van der Waals surface area (Å²) >= 11 is 0. The van der Waals surface area contributed by atoms with E-state index in [-0.39, 0.29) is 5.78 Å². The first-order valence-electron chi connectivity index (χ1n) is 6.74. The summed E-state index contributed by atoms with van der Waals surface area (Å²) in [6.07, 6.45) is 2.68. The Kier molecular flexibility index (Phi) is 2.77. The number of carbonyl (C=O) groups excluding carboxylic acids is 1. The van der Waals surface area contributed by atoms with Gasteiger partial charge in [-0.05, 0) is 43.9 Å². The molecule has 0 atom stereocenters. The third kappa shape index (κ3) is 1.89. The van der Waals surface area contributed by atoms with Crippen molar-refractivity contribution in [2.24, 2.45) is 7.05 Å².